The van der Waals surface area contributed by atoms with Gasteiger partial charge in [0.1, 0.15) is 17.1 Å². The SMILES string of the molecule is CCCCOC(=O)C1(c2cc(O)c3c(c2)OC(C)(C)C2CC=C(C)CC32)CCC1. The fourth-order valence-electron chi connectivity index (χ4n) is 5.43. The number of esters is 1. The molecular formula is C25H34O4. The van der Waals surface area contributed by atoms with Crippen LogP contribution in [0.5, 0.6) is 11.5 Å². The first-order chi connectivity index (χ1) is 13.8. The minimum atomic E-state index is -0.632. The minimum Gasteiger partial charge on any atom is -0.508 e. The molecule has 4 heteroatoms. The summed E-state index contributed by atoms with van der Waals surface area (Å²) in [5.41, 5.74) is 2.19. The zero-order valence-electron chi connectivity index (χ0n) is 18.2. The highest BCUT2D eigenvalue weighted by atomic mass is 16.5. The Labute approximate surface area is 174 Å². The summed E-state index contributed by atoms with van der Waals surface area (Å²) in [4.78, 5) is 12.9. The van der Waals surface area contributed by atoms with Gasteiger partial charge in [-0.2, -0.15) is 0 Å². The van der Waals surface area contributed by atoms with Crippen LogP contribution in [0, 0.1) is 5.92 Å². The molecular weight excluding hydrogens is 364 g/mol. The molecule has 1 aromatic rings. The Bertz CT molecular complexity index is 831. The summed E-state index contributed by atoms with van der Waals surface area (Å²) in [6.45, 7) is 9.00. The van der Waals surface area contributed by atoms with Crippen molar-refractivity contribution >= 4 is 5.97 Å². The first-order valence-electron chi connectivity index (χ1n) is 11.2. The van der Waals surface area contributed by atoms with Crippen LogP contribution in [0.2, 0.25) is 0 Å². The van der Waals surface area contributed by atoms with Gasteiger partial charge in [-0.25, -0.2) is 0 Å². The summed E-state index contributed by atoms with van der Waals surface area (Å²) in [5, 5.41) is 11.1. The van der Waals surface area contributed by atoms with Gasteiger partial charge in [0.2, 0.25) is 0 Å². The van der Waals surface area contributed by atoms with E-state index in [2.05, 4.69) is 33.8 Å². The molecule has 1 aromatic carbocycles. The number of ether oxygens (including phenoxy) is 2. The van der Waals surface area contributed by atoms with Crippen molar-refractivity contribution in [3.05, 3.63) is 34.9 Å². The zero-order chi connectivity index (χ0) is 20.8. The molecule has 0 bridgehead atoms. The molecule has 1 heterocycles. The third-order valence-electron chi connectivity index (χ3n) is 7.39. The van der Waals surface area contributed by atoms with Gasteiger partial charge in [0.25, 0.3) is 0 Å². The quantitative estimate of drug-likeness (QED) is 0.389. The lowest BCUT2D eigenvalue weighted by Gasteiger charge is -2.48. The minimum absolute atomic E-state index is 0.152. The number of fused-ring (bicyclic) bond motifs is 3. The van der Waals surface area contributed by atoms with Crippen molar-refractivity contribution in [2.24, 2.45) is 5.92 Å². The van der Waals surface area contributed by atoms with Crippen LogP contribution in [-0.2, 0) is 14.9 Å². The number of unbranched alkanes of at least 4 members (excludes halogenated alkanes) is 1. The first kappa shape index (κ1) is 20.3. The van der Waals surface area contributed by atoms with Crippen LogP contribution in [0.3, 0.4) is 0 Å². The van der Waals surface area contributed by atoms with Crippen molar-refractivity contribution in [1.29, 1.82) is 0 Å². The van der Waals surface area contributed by atoms with Crippen LogP contribution in [0.1, 0.15) is 89.7 Å². The Morgan fingerprint density at radius 2 is 2.07 bits per heavy atom. The largest absolute Gasteiger partial charge is 0.508 e. The highest BCUT2D eigenvalue weighted by molar-refractivity contribution is 5.85. The standard InChI is InChI=1S/C25H34O4/c1-5-6-12-28-23(27)25(10-7-11-25)17-14-20(26)22-18-13-16(2)8-9-19(18)24(3,4)29-21(22)15-17/h8,14-15,18-19,26H,5-7,9-13H2,1-4H3. The van der Waals surface area contributed by atoms with E-state index in [0.717, 1.165) is 61.8 Å². The van der Waals surface area contributed by atoms with Gasteiger partial charge >= 0.3 is 5.97 Å². The second-order valence-corrected chi connectivity index (χ2v) is 9.74. The molecule has 0 amide bonds. The first-order valence-corrected chi connectivity index (χ1v) is 11.2. The molecule has 1 saturated carbocycles. The predicted molar refractivity (Wildman–Crippen MR) is 113 cm³/mol. The maximum atomic E-state index is 12.9. The van der Waals surface area contributed by atoms with Crippen LogP contribution >= 0.6 is 0 Å². The van der Waals surface area contributed by atoms with E-state index in [1.165, 1.54) is 5.57 Å². The molecule has 2 aliphatic carbocycles. The van der Waals surface area contributed by atoms with Gasteiger partial charge in [-0.05, 0) is 70.6 Å². The number of hydrogen-bond acceptors (Lipinski definition) is 4. The molecule has 1 N–H and O–H groups in total. The maximum Gasteiger partial charge on any atom is 0.316 e. The van der Waals surface area contributed by atoms with Gasteiger partial charge in [-0.15, -0.1) is 0 Å². The van der Waals surface area contributed by atoms with Crippen LogP contribution in [0.4, 0.5) is 0 Å². The second kappa shape index (κ2) is 7.37. The molecule has 1 fully saturated rings. The molecule has 1 aliphatic heterocycles. The predicted octanol–water partition coefficient (Wildman–Crippen LogP) is 5.77. The highest BCUT2D eigenvalue weighted by Gasteiger charge is 2.50. The molecule has 4 rings (SSSR count). The lowest BCUT2D eigenvalue weighted by molar-refractivity contribution is -0.154. The third-order valence-corrected chi connectivity index (χ3v) is 7.39. The Kier molecular flexibility index (Phi) is 5.16. The Hall–Kier alpha value is -1.97. The number of benzene rings is 1. The van der Waals surface area contributed by atoms with Gasteiger partial charge in [-0.3, -0.25) is 4.79 Å². The van der Waals surface area contributed by atoms with E-state index < -0.39 is 5.41 Å². The van der Waals surface area contributed by atoms with Crippen LogP contribution < -0.4 is 4.74 Å². The average molecular weight is 399 g/mol. The zero-order valence-corrected chi connectivity index (χ0v) is 18.2. The van der Waals surface area contributed by atoms with E-state index in [4.69, 9.17) is 9.47 Å². The van der Waals surface area contributed by atoms with Crippen molar-refractivity contribution in [3.8, 4) is 11.5 Å². The van der Waals surface area contributed by atoms with Crippen molar-refractivity contribution in [1.82, 2.24) is 0 Å². The number of carbonyl (C=O) groups is 1. The van der Waals surface area contributed by atoms with Gasteiger partial charge in [0, 0.05) is 17.4 Å². The Morgan fingerprint density at radius 1 is 1.31 bits per heavy atom. The van der Waals surface area contributed by atoms with E-state index in [0.29, 0.717) is 12.5 Å². The lowest BCUT2D eigenvalue weighted by atomic mass is 9.63. The number of phenolic OH excluding ortho intramolecular Hbond substituents is 1. The van der Waals surface area contributed by atoms with Crippen molar-refractivity contribution < 1.29 is 19.4 Å². The number of rotatable bonds is 5. The number of aromatic hydroxyl groups is 1. The molecule has 2 atom stereocenters. The normalized spacial score (nSPS) is 26.3. The summed E-state index contributed by atoms with van der Waals surface area (Å²) in [5.74, 6) is 1.45. The number of carbonyl (C=O) groups excluding carboxylic acids is 1. The summed E-state index contributed by atoms with van der Waals surface area (Å²) in [6.07, 6.45) is 8.64. The van der Waals surface area contributed by atoms with Gasteiger partial charge in [0.05, 0.1) is 12.0 Å². The summed E-state index contributed by atoms with van der Waals surface area (Å²) in [6, 6.07) is 3.83. The summed E-state index contributed by atoms with van der Waals surface area (Å²) >= 11 is 0. The number of hydrogen-bond donors (Lipinski definition) is 1. The smallest absolute Gasteiger partial charge is 0.316 e. The molecule has 29 heavy (non-hydrogen) atoms. The van der Waals surface area contributed by atoms with Crippen molar-refractivity contribution in [2.45, 2.75) is 89.6 Å². The van der Waals surface area contributed by atoms with E-state index in [-0.39, 0.29) is 23.2 Å². The molecule has 0 aromatic heterocycles. The maximum absolute atomic E-state index is 12.9. The molecule has 3 aliphatic rings. The number of allylic oxidation sites excluding steroid dienone is 2. The molecule has 0 spiro atoms. The molecule has 4 nitrogen and oxygen atoms in total. The fourth-order valence-corrected chi connectivity index (χ4v) is 5.43. The molecule has 0 radical (unpaired) electrons. The number of phenols is 1. The van der Waals surface area contributed by atoms with E-state index in [1.807, 2.05) is 12.1 Å². The average Bonchev–Trinajstić information content (AvgIpc) is 2.59. The van der Waals surface area contributed by atoms with Crippen LogP contribution in [0.25, 0.3) is 0 Å². The molecule has 0 saturated heterocycles. The van der Waals surface area contributed by atoms with E-state index in [9.17, 15) is 9.90 Å². The monoisotopic (exact) mass is 398 g/mol. The van der Waals surface area contributed by atoms with Crippen LogP contribution in [-0.4, -0.2) is 23.3 Å². The third kappa shape index (κ3) is 3.35. The molecule has 158 valence electrons. The van der Waals surface area contributed by atoms with Gasteiger partial charge < -0.3 is 14.6 Å². The topological polar surface area (TPSA) is 55.8 Å². The lowest BCUT2D eigenvalue weighted by Crippen LogP contribution is -2.46. The van der Waals surface area contributed by atoms with Crippen molar-refractivity contribution in [3.63, 3.8) is 0 Å². The van der Waals surface area contributed by atoms with Gasteiger partial charge in [0.15, 0.2) is 0 Å². The van der Waals surface area contributed by atoms with Gasteiger partial charge in [-0.1, -0.05) is 31.4 Å². The van der Waals surface area contributed by atoms with E-state index in [1.54, 1.807) is 0 Å². The highest BCUT2D eigenvalue weighted by Crippen LogP contribution is 2.56. The Morgan fingerprint density at radius 3 is 2.72 bits per heavy atom. The second-order valence-electron chi connectivity index (χ2n) is 9.74. The fraction of sp³-hybridized carbons (Fsp3) is 0.640. The summed E-state index contributed by atoms with van der Waals surface area (Å²) < 4.78 is 12.0. The van der Waals surface area contributed by atoms with Crippen LogP contribution in [0.15, 0.2) is 23.8 Å². The summed E-state index contributed by atoms with van der Waals surface area (Å²) in [7, 11) is 0. The van der Waals surface area contributed by atoms with E-state index >= 15 is 0 Å². The van der Waals surface area contributed by atoms with Crippen molar-refractivity contribution in [2.75, 3.05) is 6.61 Å². The molecule has 2 unspecified atom stereocenters. The Balaban J connectivity index is 1.71.